The highest BCUT2D eigenvalue weighted by Gasteiger charge is 2.30. The average Bonchev–Trinajstić information content (AvgIpc) is 3.15. The number of carbonyl (C=O) groups excluding carboxylic acids is 1. The average molecular weight is 393 g/mol. The van der Waals surface area contributed by atoms with Crippen molar-refractivity contribution in [3.63, 3.8) is 0 Å². The van der Waals surface area contributed by atoms with Crippen molar-refractivity contribution in [3.05, 3.63) is 59.2 Å². The van der Waals surface area contributed by atoms with E-state index < -0.39 is 11.7 Å². The van der Waals surface area contributed by atoms with Crippen LogP contribution in [-0.2, 0) is 22.1 Å². The zero-order valence-electron chi connectivity index (χ0n) is 15.5. The Bertz CT molecular complexity index is 813. The molecule has 1 unspecified atom stereocenters. The van der Waals surface area contributed by atoms with Gasteiger partial charge < -0.3 is 14.8 Å². The second kappa shape index (κ2) is 8.65. The molecule has 28 heavy (non-hydrogen) atoms. The van der Waals surface area contributed by atoms with E-state index in [1.807, 2.05) is 19.1 Å². The van der Waals surface area contributed by atoms with Gasteiger partial charge in [0, 0.05) is 6.61 Å². The molecule has 1 aliphatic rings. The Hall–Kier alpha value is -2.54. The van der Waals surface area contributed by atoms with Gasteiger partial charge in [-0.2, -0.15) is 13.2 Å². The second-order valence-electron chi connectivity index (χ2n) is 6.87. The Labute approximate surface area is 161 Å². The van der Waals surface area contributed by atoms with Gasteiger partial charge in [0.1, 0.15) is 12.4 Å². The molecule has 1 amide bonds. The minimum atomic E-state index is -4.39. The SMILES string of the molecule is Cc1ccc(NC(=O)Cc2ccc(C(F)(F)F)cc2)c(OCC2CCCO2)c1. The lowest BCUT2D eigenvalue weighted by Gasteiger charge is -2.16. The summed E-state index contributed by atoms with van der Waals surface area (Å²) in [6.07, 6.45) is -2.41. The van der Waals surface area contributed by atoms with Crippen LogP contribution in [0.4, 0.5) is 18.9 Å². The number of carbonyl (C=O) groups is 1. The molecular weight excluding hydrogens is 371 g/mol. The number of ether oxygens (including phenoxy) is 2. The molecular formula is C21H22F3NO3. The van der Waals surface area contributed by atoms with Gasteiger partial charge >= 0.3 is 6.18 Å². The first-order valence-electron chi connectivity index (χ1n) is 9.12. The summed E-state index contributed by atoms with van der Waals surface area (Å²) >= 11 is 0. The largest absolute Gasteiger partial charge is 0.489 e. The van der Waals surface area contributed by atoms with E-state index in [0.717, 1.165) is 37.1 Å². The van der Waals surface area contributed by atoms with Crippen molar-refractivity contribution in [1.82, 2.24) is 0 Å². The monoisotopic (exact) mass is 393 g/mol. The van der Waals surface area contributed by atoms with Gasteiger partial charge in [0.25, 0.3) is 0 Å². The predicted molar refractivity (Wildman–Crippen MR) is 99.4 cm³/mol. The zero-order chi connectivity index (χ0) is 20.1. The molecule has 7 heteroatoms. The van der Waals surface area contributed by atoms with Gasteiger partial charge in [-0.05, 0) is 55.2 Å². The molecule has 1 atom stereocenters. The van der Waals surface area contributed by atoms with E-state index in [1.54, 1.807) is 6.07 Å². The van der Waals surface area contributed by atoms with E-state index in [1.165, 1.54) is 12.1 Å². The Morgan fingerprint density at radius 2 is 1.96 bits per heavy atom. The summed E-state index contributed by atoms with van der Waals surface area (Å²) in [5.74, 6) is 0.224. The van der Waals surface area contributed by atoms with Crippen molar-refractivity contribution in [2.24, 2.45) is 0 Å². The second-order valence-corrected chi connectivity index (χ2v) is 6.87. The third-order valence-electron chi connectivity index (χ3n) is 4.51. The quantitative estimate of drug-likeness (QED) is 0.770. The summed E-state index contributed by atoms with van der Waals surface area (Å²) in [7, 11) is 0. The number of nitrogens with one attached hydrogen (secondary N) is 1. The molecule has 1 heterocycles. The summed E-state index contributed by atoms with van der Waals surface area (Å²) in [5.41, 5.74) is 1.28. The number of benzene rings is 2. The van der Waals surface area contributed by atoms with Crippen molar-refractivity contribution in [2.45, 2.75) is 38.5 Å². The number of rotatable bonds is 6. The van der Waals surface area contributed by atoms with Crippen molar-refractivity contribution in [3.8, 4) is 5.75 Å². The molecule has 150 valence electrons. The Kier molecular flexibility index (Phi) is 6.24. The fourth-order valence-electron chi connectivity index (χ4n) is 3.00. The van der Waals surface area contributed by atoms with Crippen LogP contribution in [0.15, 0.2) is 42.5 Å². The minimum absolute atomic E-state index is 0.0306. The minimum Gasteiger partial charge on any atom is -0.489 e. The third kappa shape index (κ3) is 5.48. The standard InChI is InChI=1S/C21H22F3NO3/c1-14-4-9-18(19(11-14)28-13-17-3-2-10-27-17)25-20(26)12-15-5-7-16(8-6-15)21(22,23)24/h4-9,11,17H,2-3,10,12-13H2,1H3,(H,25,26). The molecule has 2 aromatic rings. The number of hydrogen-bond donors (Lipinski definition) is 1. The Morgan fingerprint density at radius 3 is 2.61 bits per heavy atom. The van der Waals surface area contributed by atoms with Gasteiger partial charge in [0.2, 0.25) is 5.91 Å². The summed E-state index contributed by atoms with van der Waals surface area (Å²) < 4.78 is 49.3. The van der Waals surface area contributed by atoms with Crippen molar-refractivity contribution >= 4 is 11.6 Å². The fraction of sp³-hybridized carbons (Fsp3) is 0.381. The van der Waals surface area contributed by atoms with Crippen LogP contribution in [0.1, 0.15) is 29.5 Å². The number of hydrogen-bond acceptors (Lipinski definition) is 3. The normalized spacial score (nSPS) is 16.8. The topological polar surface area (TPSA) is 47.6 Å². The fourth-order valence-corrected chi connectivity index (χ4v) is 3.00. The van der Waals surface area contributed by atoms with Crippen LogP contribution in [0.5, 0.6) is 5.75 Å². The Morgan fingerprint density at radius 1 is 1.21 bits per heavy atom. The van der Waals surface area contributed by atoms with E-state index in [2.05, 4.69) is 5.32 Å². The first-order valence-corrected chi connectivity index (χ1v) is 9.12. The highest BCUT2D eigenvalue weighted by atomic mass is 19.4. The van der Waals surface area contributed by atoms with Crippen molar-refractivity contribution in [2.75, 3.05) is 18.5 Å². The molecule has 0 aromatic heterocycles. The van der Waals surface area contributed by atoms with Gasteiger partial charge in [0.05, 0.1) is 23.8 Å². The smallest absolute Gasteiger partial charge is 0.416 e. The van der Waals surface area contributed by atoms with Crippen LogP contribution in [-0.4, -0.2) is 25.2 Å². The highest BCUT2D eigenvalue weighted by molar-refractivity contribution is 5.93. The summed E-state index contributed by atoms with van der Waals surface area (Å²) in [6, 6.07) is 10.0. The first-order chi connectivity index (χ1) is 13.3. The van der Waals surface area contributed by atoms with Crippen LogP contribution in [0.2, 0.25) is 0 Å². The summed E-state index contributed by atoms with van der Waals surface area (Å²) in [4.78, 5) is 12.3. The van der Waals surface area contributed by atoms with E-state index in [9.17, 15) is 18.0 Å². The van der Waals surface area contributed by atoms with E-state index in [0.29, 0.717) is 23.6 Å². The maximum atomic E-state index is 12.6. The molecule has 4 nitrogen and oxygen atoms in total. The van der Waals surface area contributed by atoms with Crippen LogP contribution in [0.3, 0.4) is 0 Å². The molecule has 2 aromatic carbocycles. The molecule has 1 saturated heterocycles. The van der Waals surface area contributed by atoms with Crippen molar-refractivity contribution < 1.29 is 27.4 Å². The van der Waals surface area contributed by atoms with Crippen LogP contribution in [0, 0.1) is 6.92 Å². The van der Waals surface area contributed by atoms with E-state index >= 15 is 0 Å². The first kappa shape index (κ1) is 20.2. The molecule has 1 aliphatic heterocycles. The molecule has 3 rings (SSSR count). The molecule has 0 spiro atoms. The number of aryl methyl sites for hydroxylation is 1. The predicted octanol–water partition coefficient (Wildman–Crippen LogP) is 4.75. The molecule has 1 fully saturated rings. The lowest BCUT2D eigenvalue weighted by Crippen LogP contribution is -2.19. The van der Waals surface area contributed by atoms with E-state index in [-0.39, 0.29) is 18.4 Å². The van der Waals surface area contributed by atoms with Gasteiger partial charge in [-0.1, -0.05) is 18.2 Å². The van der Waals surface area contributed by atoms with Crippen LogP contribution in [0.25, 0.3) is 0 Å². The number of anilines is 1. The lowest BCUT2D eigenvalue weighted by molar-refractivity contribution is -0.137. The van der Waals surface area contributed by atoms with Crippen LogP contribution >= 0.6 is 0 Å². The lowest BCUT2D eigenvalue weighted by atomic mass is 10.1. The summed E-state index contributed by atoms with van der Waals surface area (Å²) in [6.45, 7) is 3.07. The van der Waals surface area contributed by atoms with Gasteiger partial charge in [0.15, 0.2) is 0 Å². The number of alkyl halides is 3. The van der Waals surface area contributed by atoms with Gasteiger partial charge in [-0.3, -0.25) is 4.79 Å². The maximum absolute atomic E-state index is 12.6. The molecule has 1 N–H and O–H groups in total. The van der Waals surface area contributed by atoms with Crippen LogP contribution < -0.4 is 10.1 Å². The highest BCUT2D eigenvalue weighted by Crippen LogP contribution is 2.30. The maximum Gasteiger partial charge on any atom is 0.416 e. The van der Waals surface area contributed by atoms with Gasteiger partial charge in [-0.25, -0.2) is 0 Å². The number of halogens is 3. The molecule has 0 radical (unpaired) electrons. The molecule has 0 saturated carbocycles. The number of amides is 1. The van der Waals surface area contributed by atoms with Gasteiger partial charge in [-0.15, -0.1) is 0 Å². The summed E-state index contributed by atoms with van der Waals surface area (Å²) in [5, 5.41) is 2.78. The Balaban J connectivity index is 1.62. The van der Waals surface area contributed by atoms with E-state index in [4.69, 9.17) is 9.47 Å². The molecule has 0 bridgehead atoms. The zero-order valence-corrected chi connectivity index (χ0v) is 15.5. The van der Waals surface area contributed by atoms with Crippen molar-refractivity contribution in [1.29, 1.82) is 0 Å². The third-order valence-corrected chi connectivity index (χ3v) is 4.51. The molecule has 0 aliphatic carbocycles.